The topological polar surface area (TPSA) is 77.2 Å². The SMILES string of the molecule is Cn1cc(Oc2nc3c(cc2C(=O)O)CCCC3)cn1. The first-order chi connectivity index (χ1) is 9.63. The molecular formula is C14H15N3O3. The number of rotatable bonds is 3. The van der Waals surface area contributed by atoms with Crippen LogP contribution in [0.4, 0.5) is 0 Å². The average Bonchev–Trinajstić information content (AvgIpc) is 2.83. The molecule has 2 aromatic heterocycles. The van der Waals surface area contributed by atoms with Crippen LogP contribution in [0, 0.1) is 0 Å². The number of pyridine rings is 1. The Morgan fingerprint density at radius 3 is 2.90 bits per heavy atom. The number of nitrogens with zero attached hydrogens (tertiary/aromatic N) is 3. The minimum absolute atomic E-state index is 0.106. The number of aromatic nitrogens is 3. The van der Waals surface area contributed by atoms with E-state index in [-0.39, 0.29) is 11.4 Å². The molecule has 0 atom stereocenters. The molecular weight excluding hydrogens is 258 g/mol. The Morgan fingerprint density at radius 2 is 2.20 bits per heavy atom. The molecule has 0 unspecified atom stereocenters. The van der Waals surface area contributed by atoms with Crippen molar-refractivity contribution in [2.24, 2.45) is 7.05 Å². The average molecular weight is 273 g/mol. The number of aromatic carboxylic acids is 1. The molecule has 1 aliphatic carbocycles. The second kappa shape index (κ2) is 4.96. The van der Waals surface area contributed by atoms with Crippen molar-refractivity contribution < 1.29 is 14.6 Å². The van der Waals surface area contributed by atoms with Crippen molar-refractivity contribution in [1.82, 2.24) is 14.8 Å². The maximum Gasteiger partial charge on any atom is 0.341 e. The zero-order valence-electron chi connectivity index (χ0n) is 11.2. The van der Waals surface area contributed by atoms with Gasteiger partial charge >= 0.3 is 5.97 Å². The number of fused-ring (bicyclic) bond motifs is 1. The lowest BCUT2D eigenvalue weighted by atomic mass is 9.95. The van der Waals surface area contributed by atoms with Crippen LogP contribution in [0.1, 0.15) is 34.5 Å². The highest BCUT2D eigenvalue weighted by Gasteiger charge is 2.20. The van der Waals surface area contributed by atoms with Gasteiger partial charge in [-0.05, 0) is 37.3 Å². The van der Waals surface area contributed by atoms with Gasteiger partial charge in [-0.3, -0.25) is 4.68 Å². The third-order valence-corrected chi connectivity index (χ3v) is 3.39. The lowest BCUT2D eigenvalue weighted by molar-refractivity contribution is 0.0693. The summed E-state index contributed by atoms with van der Waals surface area (Å²) in [5.74, 6) is -0.394. The van der Waals surface area contributed by atoms with E-state index in [9.17, 15) is 9.90 Å². The summed E-state index contributed by atoms with van der Waals surface area (Å²) < 4.78 is 7.17. The molecule has 0 saturated carbocycles. The molecule has 2 aromatic rings. The first-order valence-corrected chi connectivity index (χ1v) is 6.56. The van der Waals surface area contributed by atoms with Gasteiger partial charge in [-0.2, -0.15) is 5.10 Å². The molecule has 6 heteroatoms. The number of aryl methyl sites for hydroxylation is 3. The molecule has 0 amide bonds. The summed E-state index contributed by atoms with van der Waals surface area (Å²) in [5.41, 5.74) is 2.07. The maximum absolute atomic E-state index is 11.4. The molecule has 0 radical (unpaired) electrons. The van der Waals surface area contributed by atoms with Gasteiger partial charge in [0.1, 0.15) is 5.56 Å². The molecule has 0 aromatic carbocycles. The first kappa shape index (κ1) is 12.7. The Bertz CT molecular complexity index is 664. The molecule has 0 bridgehead atoms. The normalized spacial score (nSPS) is 13.8. The standard InChI is InChI=1S/C14H15N3O3/c1-17-8-10(7-15-17)20-13-11(14(18)19)6-9-4-2-3-5-12(9)16-13/h6-8H,2-5H2,1H3,(H,18,19). The molecule has 0 fully saturated rings. The van der Waals surface area contributed by atoms with Crippen molar-refractivity contribution in [3.8, 4) is 11.6 Å². The summed E-state index contributed by atoms with van der Waals surface area (Å²) in [5, 5.41) is 13.3. The Morgan fingerprint density at radius 1 is 1.40 bits per heavy atom. The van der Waals surface area contributed by atoms with E-state index in [2.05, 4.69) is 10.1 Å². The minimum Gasteiger partial charge on any atom is -0.477 e. The van der Waals surface area contributed by atoms with Crippen molar-refractivity contribution in [1.29, 1.82) is 0 Å². The van der Waals surface area contributed by atoms with Gasteiger partial charge in [-0.1, -0.05) is 0 Å². The second-order valence-electron chi connectivity index (χ2n) is 4.91. The lowest BCUT2D eigenvalue weighted by Gasteiger charge is -2.17. The van der Waals surface area contributed by atoms with Crippen LogP contribution in [0.5, 0.6) is 11.6 Å². The van der Waals surface area contributed by atoms with E-state index in [4.69, 9.17) is 4.74 Å². The summed E-state index contributed by atoms with van der Waals surface area (Å²) >= 11 is 0. The highest BCUT2D eigenvalue weighted by atomic mass is 16.5. The van der Waals surface area contributed by atoms with Crippen LogP contribution < -0.4 is 4.74 Å². The van der Waals surface area contributed by atoms with Crippen LogP contribution in [-0.2, 0) is 19.9 Å². The van der Waals surface area contributed by atoms with Crippen LogP contribution >= 0.6 is 0 Å². The summed E-state index contributed by atoms with van der Waals surface area (Å²) in [7, 11) is 1.77. The van der Waals surface area contributed by atoms with Crippen molar-refractivity contribution in [3.05, 3.63) is 35.3 Å². The van der Waals surface area contributed by atoms with Crippen LogP contribution in [0.3, 0.4) is 0 Å². The number of ether oxygens (including phenoxy) is 1. The zero-order chi connectivity index (χ0) is 14.1. The van der Waals surface area contributed by atoms with Gasteiger partial charge in [0.05, 0.1) is 12.4 Å². The first-order valence-electron chi connectivity index (χ1n) is 6.56. The van der Waals surface area contributed by atoms with Crippen LogP contribution in [0.15, 0.2) is 18.5 Å². The smallest absolute Gasteiger partial charge is 0.341 e. The Balaban J connectivity index is 2.01. The molecule has 0 saturated heterocycles. The van der Waals surface area contributed by atoms with Gasteiger partial charge in [-0.25, -0.2) is 9.78 Å². The molecule has 1 aliphatic rings. The van der Waals surface area contributed by atoms with Gasteiger partial charge < -0.3 is 9.84 Å². The van der Waals surface area contributed by atoms with E-state index in [0.717, 1.165) is 36.9 Å². The molecule has 6 nitrogen and oxygen atoms in total. The van der Waals surface area contributed by atoms with Gasteiger partial charge in [0.15, 0.2) is 5.75 Å². The quantitative estimate of drug-likeness (QED) is 0.927. The van der Waals surface area contributed by atoms with Gasteiger partial charge in [0.25, 0.3) is 0 Å². The van der Waals surface area contributed by atoms with Crippen LogP contribution in [0.2, 0.25) is 0 Å². The summed E-state index contributed by atoms with van der Waals surface area (Å²) in [4.78, 5) is 15.8. The largest absolute Gasteiger partial charge is 0.477 e. The van der Waals surface area contributed by atoms with Gasteiger partial charge in [0, 0.05) is 12.7 Å². The van der Waals surface area contributed by atoms with E-state index < -0.39 is 5.97 Å². The fraction of sp³-hybridized carbons (Fsp3) is 0.357. The number of carboxylic acid groups (broad SMARTS) is 1. The van der Waals surface area contributed by atoms with E-state index in [1.54, 1.807) is 24.0 Å². The lowest BCUT2D eigenvalue weighted by Crippen LogP contribution is -2.10. The van der Waals surface area contributed by atoms with Crippen molar-refractivity contribution in [2.75, 3.05) is 0 Å². The van der Waals surface area contributed by atoms with Crippen molar-refractivity contribution >= 4 is 5.97 Å². The van der Waals surface area contributed by atoms with Gasteiger partial charge in [-0.15, -0.1) is 0 Å². The second-order valence-corrected chi connectivity index (χ2v) is 4.91. The van der Waals surface area contributed by atoms with E-state index in [0.29, 0.717) is 5.75 Å². The highest BCUT2D eigenvalue weighted by Crippen LogP contribution is 2.28. The molecule has 2 heterocycles. The van der Waals surface area contributed by atoms with Gasteiger partial charge in [0.2, 0.25) is 5.88 Å². The molecule has 104 valence electrons. The predicted octanol–water partition coefficient (Wildman–Crippen LogP) is 2.18. The number of hydrogen-bond acceptors (Lipinski definition) is 4. The van der Waals surface area contributed by atoms with E-state index >= 15 is 0 Å². The Labute approximate surface area is 116 Å². The minimum atomic E-state index is -1.02. The number of carboxylic acids is 1. The third kappa shape index (κ3) is 2.36. The maximum atomic E-state index is 11.4. The summed E-state index contributed by atoms with van der Waals surface area (Å²) in [6, 6.07) is 1.69. The number of hydrogen-bond donors (Lipinski definition) is 1. The van der Waals surface area contributed by atoms with E-state index in [1.807, 2.05) is 0 Å². The zero-order valence-corrected chi connectivity index (χ0v) is 11.2. The monoisotopic (exact) mass is 273 g/mol. The number of carbonyl (C=O) groups is 1. The van der Waals surface area contributed by atoms with Crippen molar-refractivity contribution in [3.63, 3.8) is 0 Å². The summed E-state index contributed by atoms with van der Waals surface area (Å²) in [6.07, 6.45) is 7.13. The summed E-state index contributed by atoms with van der Waals surface area (Å²) in [6.45, 7) is 0. The van der Waals surface area contributed by atoms with Crippen molar-refractivity contribution in [2.45, 2.75) is 25.7 Å². The Kier molecular flexibility index (Phi) is 3.14. The fourth-order valence-electron chi connectivity index (χ4n) is 2.41. The molecule has 0 spiro atoms. The Hall–Kier alpha value is -2.37. The van der Waals surface area contributed by atoms with Crippen LogP contribution in [-0.4, -0.2) is 25.8 Å². The highest BCUT2D eigenvalue weighted by molar-refractivity contribution is 5.90. The molecule has 0 aliphatic heterocycles. The molecule has 1 N–H and O–H groups in total. The third-order valence-electron chi connectivity index (χ3n) is 3.39. The molecule has 20 heavy (non-hydrogen) atoms. The fourth-order valence-corrected chi connectivity index (χ4v) is 2.41. The van der Waals surface area contributed by atoms with E-state index in [1.165, 1.54) is 6.20 Å². The predicted molar refractivity (Wildman–Crippen MR) is 71.1 cm³/mol. The van der Waals surface area contributed by atoms with Crippen LogP contribution in [0.25, 0.3) is 0 Å². The molecule has 3 rings (SSSR count).